The quantitative estimate of drug-likeness (QED) is 0.858. The van der Waals surface area contributed by atoms with E-state index in [0.29, 0.717) is 6.54 Å². The highest BCUT2D eigenvalue weighted by Gasteiger charge is 2.11. The number of rotatable bonds is 6. The topological polar surface area (TPSA) is 67.4 Å². The number of anilines is 1. The van der Waals surface area contributed by atoms with E-state index in [1.54, 1.807) is 25.3 Å². The zero-order chi connectivity index (χ0) is 15.3. The van der Waals surface area contributed by atoms with Crippen LogP contribution >= 0.6 is 0 Å². The molecule has 2 aromatic carbocycles. The van der Waals surface area contributed by atoms with Crippen molar-refractivity contribution in [1.29, 1.82) is 0 Å². The highest BCUT2D eigenvalue weighted by Crippen LogP contribution is 2.17. The lowest BCUT2D eigenvalue weighted by Crippen LogP contribution is -2.18. The molecular formula is C15H18N2O3S. The average Bonchev–Trinajstić information content (AvgIpc) is 2.53. The highest BCUT2D eigenvalue weighted by molar-refractivity contribution is 7.89. The van der Waals surface area contributed by atoms with Crippen molar-refractivity contribution in [3.8, 4) is 5.75 Å². The molecule has 2 rings (SSSR count). The number of hydrogen-bond donors (Lipinski definition) is 2. The van der Waals surface area contributed by atoms with E-state index < -0.39 is 10.0 Å². The van der Waals surface area contributed by atoms with Gasteiger partial charge in [-0.15, -0.1) is 0 Å². The summed E-state index contributed by atoms with van der Waals surface area (Å²) in [5, 5.41) is 3.20. The molecule has 0 saturated carbocycles. The summed E-state index contributed by atoms with van der Waals surface area (Å²) in [6.45, 7) is 0.604. The molecule has 112 valence electrons. The summed E-state index contributed by atoms with van der Waals surface area (Å²) in [6, 6.07) is 14.4. The van der Waals surface area contributed by atoms with Crippen molar-refractivity contribution in [3.63, 3.8) is 0 Å². The normalized spacial score (nSPS) is 11.1. The second-order valence-electron chi connectivity index (χ2n) is 4.44. The number of benzene rings is 2. The van der Waals surface area contributed by atoms with Crippen LogP contribution in [0.3, 0.4) is 0 Å². The zero-order valence-corrected chi connectivity index (χ0v) is 12.8. The van der Waals surface area contributed by atoms with Crippen molar-refractivity contribution < 1.29 is 13.2 Å². The maximum Gasteiger partial charge on any atom is 0.240 e. The van der Waals surface area contributed by atoms with Gasteiger partial charge in [-0.3, -0.25) is 0 Å². The number of methoxy groups -OCH3 is 1. The van der Waals surface area contributed by atoms with Crippen molar-refractivity contribution >= 4 is 15.7 Å². The van der Waals surface area contributed by atoms with Gasteiger partial charge in [-0.2, -0.15) is 0 Å². The summed E-state index contributed by atoms with van der Waals surface area (Å²) in [7, 11) is -0.398. The van der Waals surface area contributed by atoms with E-state index in [4.69, 9.17) is 4.74 Å². The molecule has 0 amide bonds. The fourth-order valence-electron chi connectivity index (χ4n) is 1.84. The molecule has 2 aromatic rings. The molecule has 0 spiro atoms. The van der Waals surface area contributed by atoms with Gasteiger partial charge in [-0.25, -0.2) is 13.1 Å². The monoisotopic (exact) mass is 306 g/mol. The van der Waals surface area contributed by atoms with E-state index in [-0.39, 0.29) is 4.90 Å². The van der Waals surface area contributed by atoms with E-state index >= 15 is 0 Å². The molecular weight excluding hydrogens is 288 g/mol. The van der Waals surface area contributed by atoms with Crippen LogP contribution in [0.25, 0.3) is 0 Å². The smallest absolute Gasteiger partial charge is 0.240 e. The first-order valence-corrected chi connectivity index (χ1v) is 7.94. The summed E-state index contributed by atoms with van der Waals surface area (Å²) >= 11 is 0. The lowest BCUT2D eigenvalue weighted by molar-refractivity contribution is 0.414. The Morgan fingerprint density at radius 1 is 1.10 bits per heavy atom. The van der Waals surface area contributed by atoms with Crippen LogP contribution in [0.1, 0.15) is 5.56 Å². The lowest BCUT2D eigenvalue weighted by Gasteiger charge is -2.09. The molecule has 2 N–H and O–H groups in total. The minimum absolute atomic E-state index is 0.240. The van der Waals surface area contributed by atoms with Crippen LogP contribution in [-0.2, 0) is 16.6 Å². The molecule has 21 heavy (non-hydrogen) atoms. The molecule has 0 bridgehead atoms. The Balaban J connectivity index is 2.08. The second-order valence-corrected chi connectivity index (χ2v) is 6.32. The van der Waals surface area contributed by atoms with Crippen LogP contribution in [0.15, 0.2) is 53.4 Å². The number of nitrogens with one attached hydrogen (secondary N) is 2. The summed E-state index contributed by atoms with van der Waals surface area (Å²) in [6.07, 6.45) is 0. The van der Waals surface area contributed by atoms with Gasteiger partial charge < -0.3 is 10.1 Å². The third-order valence-corrected chi connectivity index (χ3v) is 4.48. The third kappa shape index (κ3) is 3.96. The van der Waals surface area contributed by atoms with Gasteiger partial charge in [0.05, 0.1) is 12.0 Å². The molecule has 0 atom stereocenters. The van der Waals surface area contributed by atoms with Gasteiger partial charge in [-0.1, -0.05) is 18.2 Å². The van der Waals surface area contributed by atoms with Gasteiger partial charge >= 0.3 is 0 Å². The van der Waals surface area contributed by atoms with Crippen LogP contribution in [0.4, 0.5) is 5.69 Å². The Labute approximate surface area is 125 Å². The summed E-state index contributed by atoms with van der Waals surface area (Å²) in [5.41, 5.74) is 1.83. The maximum atomic E-state index is 11.7. The largest absolute Gasteiger partial charge is 0.497 e. The standard InChI is InChI=1S/C15H18N2O3S/c1-16-21(18,19)15-5-3-4-13(10-15)17-11-12-6-8-14(20-2)9-7-12/h3-10,16-17H,11H2,1-2H3. The Bertz CT molecular complexity index is 697. The van der Waals surface area contributed by atoms with Crippen LogP contribution in [0, 0.1) is 0 Å². The fourth-order valence-corrected chi connectivity index (χ4v) is 2.61. The van der Waals surface area contributed by atoms with E-state index in [1.165, 1.54) is 7.05 Å². The molecule has 0 radical (unpaired) electrons. The first-order valence-electron chi connectivity index (χ1n) is 6.45. The molecule has 5 nitrogen and oxygen atoms in total. The first-order chi connectivity index (χ1) is 10.0. The van der Waals surface area contributed by atoms with E-state index in [2.05, 4.69) is 10.0 Å². The molecule has 6 heteroatoms. The first kappa shape index (κ1) is 15.3. The molecule has 0 fully saturated rings. The van der Waals surface area contributed by atoms with Crippen molar-refractivity contribution in [2.45, 2.75) is 11.4 Å². The number of ether oxygens (including phenoxy) is 1. The van der Waals surface area contributed by atoms with Crippen molar-refractivity contribution in [1.82, 2.24) is 4.72 Å². The summed E-state index contributed by atoms with van der Waals surface area (Å²) in [4.78, 5) is 0.240. The third-order valence-electron chi connectivity index (χ3n) is 3.07. The zero-order valence-electron chi connectivity index (χ0n) is 12.0. The predicted octanol–water partition coefficient (Wildman–Crippen LogP) is 2.22. The van der Waals surface area contributed by atoms with Gasteiger partial charge in [0.2, 0.25) is 10.0 Å². The van der Waals surface area contributed by atoms with E-state index in [1.807, 2.05) is 30.3 Å². The van der Waals surface area contributed by atoms with Crippen molar-refractivity contribution in [2.75, 3.05) is 19.5 Å². The second kappa shape index (κ2) is 6.60. The highest BCUT2D eigenvalue weighted by atomic mass is 32.2. The Kier molecular flexibility index (Phi) is 4.82. The molecule has 0 heterocycles. The molecule has 0 saturated heterocycles. The predicted molar refractivity (Wildman–Crippen MR) is 83.0 cm³/mol. The van der Waals surface area contributed by atoms with Crippen molar-refractivity contribution in [2.24, 2.45) is 0 Å². The van der Waals surface area contributed by atoms with Crippen molar-refractivity contribution in [3.05, 3.63) is 54.1 Å². The Morgan fingerprint density at radius 3 is 2.43 bits per heavy atom. The molecule has 0 aliphatic heterocycles. The van der Waals surface area contributed by atoms with Gasteiger partial charge in [0.15, 0.2) is 0 Å². The SMILES string of the molecule is CNS(=O)(=O)c1cccc(NCc2ccc(OC)cc2)c1. The van der Waals surface area contributed by atoms with E-state index in [0.717, 1.165) is 17.0 Å². The number of sulfonamides is 1. The summed E-state index contributed by atoms with van der Waals surface area (Å²) in [5.74, 6) is 0.806. The average molecular weight is 306 g/mol. The Hall–Kier alpha value is -2.05. The van der Waals surface area contributed by atoms with Gasteiger partial charge in [-0.05, 0) is 42.9 Å². The molecule has 0 unspecified atom stereocenters. The van der Waals surface area contributed by atoms with Crippen LogP contribution < -0.4 is 14.8 Å². The minimum Gasteiger partial charge on any atom is -0.497 e. The molecule has 0 aromatic heterocycles. The van der Waals surface area contributed by atoms with E-state index in [9.17, 15) is 8.42 Å². The summed E-state index contributed by atoms with van der Waals surface area (Å²) < 4.78 is 30.9. The lowest BCUT2D eigenvalue weighted by atomic mass is 10.2. The molecule has 0 aliphatic rings. The Morgan fingerprint density at radius 2 is 1.81 bits per heavy atom. The fraction of sp³-hybridized carbons (Fsp3) is 0.200. The van der Waals surface area contributed by atoms with Gasteiger partial charge in [0.1, 0.15) is 5.75 Å². The maximum absolute atomic E-state index is 11.7. The number of hydrogen-bond acceptors (Lipinski definition) is 4. The minimum atomic E-state index is -3.42. The van der Waals surface area contributed by atoms with Crippen LogP contribution in [0.2, 0.25) is 0 Å². The van der Waals surface area contributed by atoms with Gasteiger partial charge in [0.25, 0.3) is 0 Å². The van der Waals surface area contributed by atoms with Crippen LogP contribution in [0.5, 0.6) is 5.75 Å². The van der Waals surface area contributed by atoms with Crippen LogP contribution in [-0.4, -0.2) is 22.6 Å². The van der Waals surface area contributed by atoms with Gasteiger partial charge in [0, 0.05) is 12.2 Å². The molecule has 0 aliphatic carbocycles.